The van der Waals surface area contributed by atoms with Crippen molar-refractivity contribution < 1.29 is 24.6 Å². The molecule has 0 aliphatic carbocycles. The SMILES string of the molecule is O=C(O)CC[C@@H](C(=O)O)N1Cc2ccccc2C1=O. The van der Waals surface area contributed by atoms with Crippen LogP contribution >= 0.6 is 0 Å². The molecule has 0 saturated heterocycles. The van der Waals surface area contributed by atoms with Crippen molar-refractivity contribution >= 4 is 17.8 Å². The van der Waals surface area contributed by atoms with E-state index in [1.807, 2.05) is 0 Å². The van der Waals surface area contributed by atoms with Gasteiger partial charge in [0, 0.05) is 18.5 Å². The maximum atomic E-state index is 12.1. The van der Waals surface area contributed by atoms with Gasteiger partial charge < -0.3 is 15.1 Å². The van der Waals surface area contributed by atoms with E-state index < -0.39 is 18.0 Å². The lowest BCUT2D eigenvalue weighted by molar-refractivity contribution is -0.143. The highest BCUT2D eigenvalue weighted by atomic mass is 16.4. The molecule has 2 rings (SSSR count). The molecule has 1 amide bonds. The number of fused-ring (bicyclic) bond motifs is 1. The van der Waals surface area contributed by atoms with Crippen LogP contribution in [0.4, 0.5) is 0 Å². The van der Waals surface area contributed by atoms with Crippen LogP contribution in [0.5, 0.6) is 0 Å². The monoisotopic (exact) mass is 263 g/mol. The second kappa shape index (κ2) is 5.09. The van der Waals surface area contributed by atoms with Crippen LogP contribution in [-0.4, -0.2) is 39.0 Å². The molecule has 6 nitrogen and oxygen atoms in total. The summed E-state index contributed by atoms with van der Waals surface area (Å²) in [5, 5.41) is 17.8. The summed E-state index contributed by atoms with van der Waals surface area (Å²) in [5.41, 5.74) is 1.26. The van der Waals surface area contributed by atoms with Gasteiger partial charge in [-0.25, -0.2) is 4.79 Å². The van der Waals surface area contributed by atoms with Gasteiger partial charge in [-0.2, -0.15) is 0 Å². The fourth-order valence-electron chi connectivity index (χ4n) is 2.20. The molecule has 0 fully saturated rings. The highest BCUT2D eigenvalue weighted by Gasteiger charge is 2.36. The summed E-state index contributed by atoms with van der Waals surface area (Å²) in [4.78, 5) is 35.1. The molecule has 1 heterocycles. The van der Waals surface area contributed by atoms with E-state index in [1.165, 1.54) is 4.90 Å². The summed E-state index contributed by atoms with van der Waals surface area (Å²) in [5.74, 6) is -2.61. The largest absolute Gasteiger partial charge is 0.481 e. The predicted octanol–water partition coefficient (Wildman–Crippen LogP) is 0.960. The Morgan fingerprint density at radius 3 is 2.53 bits per heavy atom. The number of carboxylic acids is 2. The van der Waals surface area contributed by atoms with E-state index in [0.717, 1.165) is 5.56 Å². The summed E-state index contributed by atoms with van der Waals surface area (Å²) in [7, 11) is 0. The Labute approximate surface area is 109 Å². The number of hydrogen-bond donors (Lipinski definition) is 2. The number of hydrogen-bond acceptors (Lipinski definition) is 3. The van der Waals surface area contributed by atoms with Crippen molar-refractivity contribution in [3.8, 4) is 0 Å². The maximum Gasteiger partial charge on any atom is 0.326 e. The van der Waals surface area contributed by atoms with Gasteiger partial charge in [0.05, 0.1) is 0 Å². The number of nitrogens with zero attached hydrogens (tertiary/aromatic N) is 1. The minimum absolute atomic E-state index is 0.0929. The van der Waals surface area contributed by atoms with Gasteiger partial charge in [0.25, 0.3) is 5.91 Å². The molecule has 0 radical (unpaired) electrons. The molecule has 1 atom stereocenters. The third kappa shape index (κ3) is 2.57. The second-order valence-corrected chi connectivity index (χ2v) is 4.38. The molecule has 100 valence electrons. The van der Waals surface area contributed by atoms with Crippen molar-refractivity contribution in [1.29, 1.82) is 0 Å². The average molecular weight is 263 g/mol. The Bertz CT molecular complexity index is 540. The van der Waals surface area contributed by atoms with Crippen LogP contribution < -0.4 is 0 Å². The lowest BCUT2D eigenvalue weighted by atomic mass is 10.1. The summed E-state index contributed by atoms with van der Waals surface area (Å²) >= 11 is 0. The van der Waals surface area contributed by atoms with Gasteiger partial charge in [-0.3, -0.25) is 9.59 Å². The molecule has 2 N–H and O–H groups in total. The van der Waals surface area contributed by atoms with Crippen LogP contribution in [0.15, 0.2) is 24.3 Å². The number of carbonyl (C=O) groups is 3. The number of carboxylic acid groups (broad SMARTS) is 2. The number of benzene rings is 1. The predicted molar refractivity (Wildman–Crippen MR) is 64.6 cm³/mol. The molecule has 0 saturated carbocycles. The Balaban J connectivity index is 2.19. The first-order valence-electron chi connectivity index (χ1n) is 5.84. The summed E-state index contributed by atoms with van der Waals surface area (Å²) in [6, 6.07) is 5.81. The number of carbonyl (C=O) groups excluding carboxylic acids is 1. The summed E-state index contributed by atoms with van der Waals surface area (Å²) in [6.45, 7) is 0.214. The van der Waals surface area contributed by atoms with E-state index in [4.69, 9.17) is 10.2 Å². The molecule has 0 bridgehead atoms. The molecule has 1 aliphatic rings. The van der Waals surface area contributed by atoms with Gasteiger partial charge in [0.2, 0.25) is 0 Å². The molecule has 1 aliphatic heterocycles. The second-order valence-electron chi connectivity index (χ2n) is 4.38. The topological polar surface area (TPSA) is 94.9 Å². The van der Waals surface area contributed by atoms with E-state index in [-0.39, 0.29) is 25.3 Å². The highest BCUT2D eigenvalue weighted by molar-refractivity contribution is 6.00. The molecular weight excluding hydrogens is 250 g/mol. The average Bonchev–Trinajstić information content (AvgIpc) is 2.67. The normalized spacial score (nSPS) is 15.2. The van der Waals surface area contributed by atoms with Gasteiger partial charge in [0.1, 0.15) is 6.04 Å². The maximum absolute atomic E-state index is 12.1. The van der Waals surface area contributed by atoms with Crippen molar-refractivity contribution in [2.45, 2.75) is 25.4 Å². The Hall–Kier alpha value is -2.37. The zero-order valence-electron chi connectivity index (χ0n) is 10.1. The van der Waals surface area contributed by atoms with E-state index in [0.29, 0.717) is 5.56 Å². The summed E-state index contributed by atoms with van der Waals surface area (Å²) < 4.78 is 0. The molecule has 1 aromatic rings. The zero-order valence-corrected chi connectivity index (χ0v) is 10.1. The Morgan fingerprint density at radius 1 is 1.26 bits per heavy atom. The van der Waals surface area contributed by atoms with E-state index in [1.54, 1.807) is 24.3 Å². The number of rotatable bonds is 5. The van der Waals surface area contributed by atoms with E-state index >= 15 is 0 Å². The third-order valence-corrected chi connectivity index (χ3v) is 3.14. The fraction of sp³-hybridized carbons (Fsp3) is 0.308. The van der Waals surface area contributed by atoms with Crippen LogP contribution in [0.2, 0.25) is 0 Å². The summed E-state index contributed by atoms with van der Waals surface area (Å²) in [6.07, 6.45) is -0.374. The molecule has 0 aromatic heterocycles. The minimum Gasteiger partial charge on any atom is -0.481 e. The lowest BCUT2D eigenvalue weighted by Crippen LogP contribution is -2.41. The van der Waals surface area contributed by atoms with Crippen molar-refractivity contribution in [3.63, 3.8) is 0 Å². The van der Waals surface area contributed by atoms with Gasteiger partial charge in [0.15, 0.2) is 0 Å². The van der Waals surface area contributed by atoms with Crippen LogP contribution in [0.3, 0.4) is 0 Å². The highest BCUT2D eigenvalue weighted by Crippen LogP contribution is 2.25. The molecule has 19 heavy (non-hydrogen) atoms. The van der Waals surface area contributed by atoms with Crippen molar-refractivity contribution in [2.75, 3.05) is 0 Å². The Morgan fingerprint density at radius 2 is 1.95 bits per heavy atom. The lowest BCUT2D eigenvalue weighted by Gasteiger charge is -2.23. The zero-order chi connectivity index (χ0) is 14.0. The molecule has 0 unspecified atom stereocenters. The fourth-order valence-corrected chi connectivity index (χ4v) is 2.20. The smallest absolute Gasteiger partial charge is 0.326 e. The van der Waals surface area contributed by atoms with Gasteiger partial charge in [-0.05, 0) is 18.1 Å². The molecule has 6 heteroatoms. The number of amides is 1. The third-order valence-electron chi connectivity index (χ3n) is 3.14. The molecule has 1 aromatic carbocycles. The van der Waals surface area contributed by atoms with Gasteiger partial charge >= 0.3 is 11.9 Å². The van der Waals surface area contributed by atoms with Crippen molar-refractivity contribution in [1.82, 2.24) is 4.90 Å². The standard InChI is InChI=1S/C13H13NO5/c15-11(16)6-5-10(13(18)19)14-7-8-3-1-2-4-9(8)12(14)17/h1-4,10H,5-7H2,(H,15,16)(H,18,19)/t10-/m0/s1. The van der Waals surface area contributed by atoms with Crippen molar-refractivity contribution in [3.05, 3.63) is 35.4 Å². The molecule has 0 spiro atoms. The quantitative estimate of drug-likeness (QED) is 0.825. The first-order chi connectivity index (χ1) is 9.00. The van der Waals surface area contributed by atoms with Crippen LogP contribution in [-0.2, 0) is 16.1 Å². The first-order valence-corrected chi connectivity index (χ1v) is 5.84. The van der Waals surface area contributed by atoms with E-state index in [9.17, 15) is 14.4 Å². The van der Waals surface area contributed by atoms with Crippen molar-refractivity contribution in [2.24, 2.45) is 0 Å². The first kappa shape index (κ1) is 13.1. The van der Waals surface area contributed by atoms with Gasteiger partial charge in [-0.1, -0.05) is 18.2 Å². The van der Waals surface area contributed by atoms with Crippen LogP contribution in [0.1, 0.15) is 28.8 Å². The minimum atomic E-state index is -1.18. The molecular formula is C13H13NO5. The van der Waals surface area contributed by atoms with E-state index in [2.05, 4.69) is 0 Å². The van der Waals surface area contributed by atoms with Gasteiger partial charge in [-0.15, -0.1) is 0 Å². The number of aliphatic carboxylic acids is 2. The van der Waals surface area contributed by atoms with Crippen LogP contribution in [0.25, 0.3) is 0 Å². The Kier molecular flexibility index (Phi) is 3.50. The van der Waals surface area contributed by atoms with Crippen LogP contribution in [0, 0.1) is 0 Å².